The van der Waals surface area contributed by atoms with Gasteiger partial charge in [-0.15, -0.1) is 0 Å². The molecule has 4 N–H and O–H groups in total. The van der Waals surface area contributed by atoms with Crippen molar-refractivity contribution < 1.29 is 0 Å². The summed E-state index contributed by atoms with van der Waals surface area (Å²) in [7, 11) is 0. The lowest BCUT2D eigenvalue weighted by molar-refractivity contribution is 1.60. The van der Waals surface area contributed by atoms with Crippen LogP contribution in [0.25, 0.3) is 11.1 Å². The third kappa shape index (κ3) is 2.47. The van der Waals surface area contributed by atoms with Gasteiger partial charge in [0.1, 0.15) is 0 Å². The number of benzene rings is 2. The Labute approximate surface area is 124 Å². The molecule has 0 aliphatic rings. The van der Waals surface area contributed by atoms with Gasteiger partial charge in [-0.1, -0.05) is 46.4 Å². The number of nitrogens with two attached hydrogens (primary N) is 2. The first-order valence-corrected chi connectivity index (χ1v) is 6.40. The molecule has 0 fully saturated rings. The van der Waals surface area contributed by atoms with Crippen LogP contribution in [0.4, 0.5) is 11.4 Å². The Morgan fingerprint density at radius 2 is 0.833 bits per heavy atom. The Morgan fingerprint density at radius 3 is 1.17 bits per heavy atom. The number of anilines is 2. The lowest BCUT2D eigenvalue weighted by Gasteiger charge is -2.11. The molecule has 0 atom stereocenters. The molecular weight excluding hydrogens is 314 g/mol. The van der Waals surface area contributed by atoms with Crippen molar-refractivity contribution >= 4 is 57.8 Å². The molecule has 0 heterocycles. The first-order valence-electron chi connectivity index (χ1n) is 4.89. The monoisotopic (exact) mass is 320 g/mol. The minimum Gasteiger partial charge on any atom is -0.398 e. The minimum absolute atomic E-state index is 0.386. The lowest BCUT2D eigenvalue weighted by atomic mass is 10.0. The Balaban J connectivity index is 2.69. The SMILES string of the molecule is Nc1cc(Cl)c(Cl)cc1-c1cc(Cl)c(Cl)cc1N. The number of rotatable bonds is 1. The van der Waals surface area contributed by atoms with Crippen LogP contribution in [0, 0.1) is 0 Å². The van der Waals surface area contributed by atoms with Crippen LogP contribution in [0.15, 0.2) is 24.3 Å². The molecule has 2 aromatic rings. The Bertz CT molecular complexity index is 570. The van der Waals surface area contributed by atoms with Gasteiger partial charge in [-0.25, -0.2) is 0 Å². The van der Waals surface area contributed by atoms with Crippen molar-refractivity contribution in [3.05, 3.63) is 44.4 Å². The van der Waals surface area contributed by atoms with Crippen molar-refractivity contribution in [2.75, 3.05) is 11.5 Å². The van der Waals surface area contributed by atoms with Gasteiger partial charge in [0.25, 0.3) is 0 Å². The maximum Gasteiger partial charge on any atom is 0.0613 e. The molecule has 2 rings (SSSR count). The summed E-state index contributed by atoms with van der Waals surface area (Å²) in [5, 5.41) is 1.56. The van der Waals surface area contributed by atoms with Crippen LogP contribution in [0.1, 0.15) is 0 Å². The van der Waals surface area contributed by atoms with Crippen LogP contribution in [-0.2, 0) is 0 Å². The molecule has 0 aromatic heterocycles. The molecule has 18 heavy (non-hydrogen) atoms. The standard InChI is InChI=1S/C12H8Cl4N2/c13-7-1-5(11(17)3-9(7)15)6-2-8(14)10(16)4-12(6)18/h1-4H,17-18H2. The average molecular weight is 322 g/mol. The van der Waals surface area contributed by atoms with Gasteiger partial charge < -0.3 is 11.5 Å². The zero-order chi connectivity index (χ0) is 13.4. The first kappa shape index (κ1) is 13.6. The maximum absolute atomic E-state index is 5.97. The summed E-state index contributed by atoms with van der Waals surface area (Å²) in [6.45, 7) is 0. The van der Waals surface area contributed by atoms with Crippen LogP contribution >= 0.6 is 46.4 Å². The summed E-state index contributed by atoms with van der Waals surface area (Å²) in [5.74, 6) is 0. The van der Waals surface area contributed by atoms with Gasteiger partial charge in [-0.05, 0) is 24.3 Å². The van der Waals surface area contributed by atoms with Crippen LogP contribution in [0.3, 0.4) is 0 Å². The van der Waals surface area contributed by atoms with Gasteiger partial charge in [0.15, 0.2) is 0 Å². The predicted molar refractivity (Wildman–Crippen MR) is 80.7 cm³/mol. The fraction of sp³-hybridized carbons (Fsp3) is 0. The quantitative estimate of drug-likeness (QED) is 0.715. The summed E-state index contributed by atoms with van der Waals surface area (Å²) >= 11 is 23.7. The second kappa shape index (κ2) is 5.06. The molecule has 2 aromatic carbocycles. The molecule has 0 saturated heterocycles. The van der Waals surface area contributed by atoms with Crippen molar-refractivity contribution in [2.24, 2.45) is 0 Å². The third-order valence-electron chi connectivity index (χ3n) is 2.48. The van der Waals surface area contributed by atoms with Crippen LogP contribution in [0.2, 0.25) is 20.1 Å². The van der Waals surface area contributed by atoms with Crippen molar-refractivity contribution in [3.8, 4) is 11.1 Å². The molecule has 0 amide bonds. The molecule has 0 unspecified atom stereocenters. The van der Waals surface area contributed by atoms with E-state index >= 15 is 0 Å². The van der Waals surface area contributed by atoms with Crippen molar-refractivity contribution in [1.29, 1.82) is 0 Å². The van der Waals surface area contributed by atoms with E-state index in [1.807, 2.05) is 0 Å². The van der Waals surface area contributed by atoms with Crippen LogP contribution in [0.5, 0.6) is 0 Å². The highest BCUT2D eigenvalue weighted by Gasteiger charge is 2.12. The highest BCUT2D eigenvalue weighted by molar-refractivity contribution is 6.43. The summed E-state index contributed by atoms with van der Waals surface area (Å²) in [6.07, 6.45) is 0. The van der Waals surface area contributed by atoms with Gasteiger partial charge >= 0.3 is 0 Å². The molecular formula is C12H8Cl4N2. The molecule has 0 radical (unpaired) electrons. The predicted octanol–water partition coefficient (Wildman–Crippen LogP) is 5.13. The van der Waals surface area contributed by atoms with E-state index in [1.54, 1.807) is 24.3 Å². The van der Waals surface area contributed by atoms with E-state index < -0.39 is 0 Å². The number of nitrogen functional groups attached to an aromatic ring is 2. The third-order valence-corrected chi connectivity index (χ3v) is 3.92. The van der Waals surface area contributed by atoms with Gasteiger partial charge in [-0.2, -0.15) is 0 Å². The molecule has 0 aliphatic carbocycles. The number of hydrogen-bond acceptors (Lipinski definition) is 2. The van der Waals surface area contributed by atoms with Gasteiger partial charge in [0.05, 0.1) is 20.1 Å². The summed E-state index contributed by atoms with van der Waals surface area (Å²) < 4.78 is 0. The summed E-state index contributed by atoms with van der Waals surface area (Å²) in [5.41, 5.74) is 14.1. The molecule has 0 aliphatic heterocycles. The van der Waals surface area contributed by atoms with Crippen LogP contribution in [-0.4, -0.2) is 0 Å². The van der Waals surface area contributed by atoms with Crippen LogP contribution < -0.4 is 11.5 Å². The smallest absolute Gasteiger partial charge is 0.0613 e. The summed E-state index contributed by atoms with van der Waals surface area (Å²) in [6, 6.07) is 6.44. The average Bonchev–Trinajstić information content (AvgIpc) is 2.29. The van der Waals surface area contributed by atoms with E-state index in [0.717, 1.165) is 0 Å². The Hall–Kier alpha value is -0.800. The zero-order valence-corrected chi connectivity index (χ0v) is 12.0. The second-order valence-corrected chi connectivity index (χ2v) is 5.34. The highest BCUT2D eigenvalue weighted by atomic mass is 35.5. The van der Waals surface area contributed by atoms with Crippen molar-refractivity contribution in [3.63, 3.8) is 0 Å². The fourth-order valence-corrected chi connectivity index (χ4v) is 2.26. The van der Waals surface area contributed by atoms with Gasteiger partial charge in [0, 0.05) is 22.5 Å². The molecule has 6 heteroatoms. The second-order valence-electron chi connectivity index (χ2n) is 3.71. The van der Waals surface area contributed by atoms with E-state index in [2.05, 4.69) is 0 Å². The number of hydrogen-bond donors (Lipinski definition) is 2. The van der Waals surface area contributed by atoms with Gasteiger partial charge in [-0.3, -0.25) is 0 Å². The zero-order valence-electron chi connectivity index (χ0n) is 8.98. The van der Waals surface area contributed by atoms with Gasteiger partial charge in [0.2, 0.25) is 0 Å². The van der Waals surface area contributed by atoms with Crippen molar-refractivity contribution in [1.82, 2.24) is 0 Å². The highest BCUT2D eigenvalue weighted by Crippen LogP contribution is 2.39. The van der Waals surface area contributed by atoms with E-state index in [-0.39, 0.29) is 0 Å². The topological polar surface area (TPSA) is 52.0 Å². The van der Waals surface area contributed by atoms with E-state index in [4.69, 9.17) is 57.9 Å². The summed E-state index contributed by atoms with van der Waals surface area (Å²) in [4.78, 5) is 0. The van der Waals surface area contributed by atoms with E-state index in [9.17, 15) is 0 Å². The Morgan fingerprint density at radius 1 is 0.556 bits per heavy atom. The molecule has 0 spiro atoms. The molecule has 2 nitrogen and oxygen atoms in total. The maximum atomic E-state index is 5.97. The molecule has 0 bridgehead atoms. The minimum atomic E-state index is 0.386. The fourth-order valence-electron chi connectivity index (χ4n) is 1.59. The van der Waals surface area contributed by atoms with Crippen molar-refractivity contribution in [2.45, 2.75) is 0 Å². The molecule has 94 valence electrons. The normalized spacial score (nSPS) is 10.7. The Kier molecular flexibility index (Phi) is 3.83. The van der Waals surface area contributed by atoms with E-state index in [1.165, 1.54) is 0 Å². The first-order chi connectivity index (χ1) is 8.40. The molecule has 0 saturated carbocycles. The van der Waals surface area contributed by atoms with E-state index in [0.29, 0.717) is 42.6 Å². The number of halogens is 4. The lowest BCUT2D eigenvalue weighted by Crippen LogP contribution is -1.95. The largest absolute Gasteiger partial charge is 0.398 e.